The van der Waals surface area contributed by atoms with E-state index in [2.05, 4.69) is 116 Å². The van der Waals surface area contributed by atoms with Crippen LogP contribution in [0.1, 0.15) is 26.3 Å². The number of para-hydroxylation sites is 3. The molecule has 152 valence electrons. The lowest BCUT2D eigenvalue weighted by molar-refractivity contribution is 0.590. The van der Waals surface area contributed by atoms with Crippen LogP contribution in [0.4, 0.5) is 0 Å². The summed E-state index contributed by atoms with van der Waals surface area (Å²) in [5, 5.41) is 0. The minimum Gasteiger partial charge on any atom is -0.292 e. The van der Waals surface area contributed by atoms with Crippen LogP contribution in [0.3, 0.4) is 0 Å². The molecule has 0 spiro atoms. The number of hydrogen-bond donors (Lipinski definition) is 0. The fourth-order valence-corrected chi connectivity index (χ4v) is 4.03. The van der Waals surface area contributed by atoms with Crippen molar-refractivity contribution in [3.63, 3.8) is 0 Å². The third kappa shape index (κ3) is 3.66. The molecule has 5 rings (SSSR count). The summed E-state index contributed by atoms with van der Waals surface area (Å²) in [5.41, 5.74) is 8.31. The molecule has 0 aliphatic rings. The Labute approximate surface area is 183 Å². The van der Waals surface area contributed by atoms with Gasteiger partial charge in [0.1, 0.15) is 5.82 Å². The molecule has 0 unspecified atom stereocenters. The average molecular weight is 403 g/mol. The van der Waals surface area contributed by atoms with Crippen LogP contribution < -0.4 is 0 Å². The van der Waals surface area contributed by atoms with E-state index < -0.39 is 0 Å². The lowest BCUT2D eigenvalue weighted by atomic mass is 9.86. The van der Waals surface area contributed by atoms with Gasteiger partial charge in [-0.15, -0.1) is 0 Å². The number of aromatic nitrogens is 2. The molecule has 1 heterocycles. The van der Waals surface area contributed by atoms with Gasteiger partial charge in [0.2, 0.25) is 0 Å². The van der Waals surface area contributed by atoms with Crippen LogP contribution in [0.5, 0.6) is 0 Å². The van der Waals surface area contributed by atoms with Gasteiger partial charge in [-0.25, -0.2) is 4.98 Å². The highest BCUT2D eigenvalue weighted by molar-refractivity contribution is 5.83. The van der Waals surface area contributed by atoms with Gasteiger partial charge < -0.3 is 0 Å². The second-order valence-electron chi connectivity index (χ2n) is 9.00. The number of rotatable bonds is 3. The van der Waals surface area contributed by atoms with Gasteiger partial charge in [-0.3, -0.25) is 4.57 Å². The fourth-order valence-electron chi connectivity index (χ4n) is 4.03. The highest BCUT2D eigenvalue weighted by Gasteiger charge is 2.15. The van der Waals surface area contributed by atoms with Gasteiger partial charge in [-0.05, 0) is 46.4 Å². The molecule has 0 aliphatic carbocycles. The molecular weight excluding hydrogens is 376 g/mol. The first kappa shape index (κ1) is 19.3. The average Bonchev–Trinajstić information content (AvgIpc) is 3.19. The van der Waals surface area contributed by atoms with Gasteiger partial charge in [0.15, 0.2) is 0 Å². The van der Waals surface area contributed by atoms with Crippen molar-refractivity contribution in [2.45, 2.75) is 26.2 Å². The minimum absolute atomic E-state index is 0.166. The molecule has 0 fully saturated rings. The highest BCUT2D eigenvalue weighted by atomic mass is 15.1. The number of fused-ring (bicyclic) bond motifs is 1. The summed E-state index contributed by atoms with van der Waals surface area (Å²) in [6.07, 6.45) is 0. The molecule has 0 amide bonds. The SMILES string of the molecule is CC(C)(C)c1ccc(-c2ccc(-c3nc4ccccc4n3-c3ccccc3)cc2)cc1. The lowest BCUT2D eigenvalue weighted by Crippen LogP contribution is -2.10. The van der Waals surface area contributed by atoms with Crippen LogP contribution in [0.2, 0.25) is 0 Å². The first-order valence-electron chi connectivity index (χ1n) is 10.7. The van der Waals surface area contributed by atoms with Gasteiger partial charge >= 0.3 is 0 Å². The molecule has 4 aromatic carbocycles. The molecule has 2 heteroatoms. The van der Waals surface area contributed by atoms with E-state index in [0.717, 1.165) is 28.1 Å². The van der Waals surface area contributed by atoms with Crippen LogP contribution in [0, 0.1) is 0 Å². The summed E-state index contributed by atoms with van der Waals surface area (Å²) >= 11 is 0. The Hall–Kier alpha value is -3.65. The lowest BCUT2D eigenvalue weighted by Gasteiger charge is -2.19. The largest absolute Gasteiger partial charge is 0.292 e. The molecule has 31 heavy (non-hydrogen) atoms. The van der Waals surface area contributed by atoms with Crippen molar-refractivity contribution < 1.29 is 0 Å². The number of nitrogens with zero attached hydrogens (tertiary/aromatic N) is 2. The molecule has 0 N–H and O–H groups in total. The summed E-state index contributed by atoms with van der Waals surface area (Å²) in [4.78, 5) is 4.96. The number of imidazole rings is 1. The van der Waals surface area contributed by atoms with E-state index in [1.807, 2.05) is 12.1 Å². The van der Waals surface area contributed by atoms with E-state index >= 15 is 0 Å². The Morgan fingerprint density at radius 2 is 1.13 bits per heavy atom. The summed E-state index contributed by atoms with van der Waals surface area (Å²) in [6, 6.07) is 36.4. The Morgan fingerprint density at radius 3 is 1.77 bits per heavy atom. The predicted molar refractivity (Wildman–Crippen MR) is 131 cm³/mol. The standard InChI is InChI=1S/C29H26N2/c1-29(2,3)24-19-17-22(18-20-24)21-13-15-23(16-14-21)28-30-26-11-7-8-12-27(26)31(28)25-9-5-4-6-10-25/h4-20H,1-3H3. The maximum Gasteiger partial charge on any atom is 0.145 e. The fraction of sp³-hybridized carbons (Fsp3) is 0.138. The first-order valence-corrected chi connectivity index (χ1v) is 10.7. The zero-order valence-corrected chi connectivity index (χ0v) is 18.2. The van der Waals surface area contributed by atoms with Crippen molar-refractivity contribution in [2.75, 3.05) is 0 Å². The number of benzene rings is 4. The Balaban J connectivity index is 1.56. The molecule has 1 aromatic heterocycles. The highest BCUT2D eigenvalue weighted by Crippen LogP contribution is 2.31. The topological polar surface area (TPSA) is 17.8 Å². The van der Waals surface area contributed by atoms with Crippen LogP contribution in [-0.2, 0) is 5.41 Å². The van der Waals surface area contributed by atoms with Crippen molar-refractivity contribution in [1.29, 1.82) is 0 Å². The summed E-state index contributed by atoms with van der Waals surface area (Å²) in [6.45, 7) is 6.74. The molecule has 5 aromatic rings. The summed E-state index contributed by atoms with van der Waals surface area (Å²) in [7, 11) is 0. The van der Waals surface area contributed by atoms with Crippen LogP contribution in [-0.4, -0.2) is 9.55 Å². The van der Waals surface area contributed by atoms with Crippen molar-refractivity contribution in [1.82, 2.24) is 9.55 Å². The summed E-state index contributed by atoms with van der Waals surface area (Å²) in [5.74, 6) is 0.960. The molecule has 0 atom stereocenters. The van der Waals surface area contributed by atoms with Gasteiger partial charge in [-0.2, -0.15) is 0 Å². The van der Waals surface area contributed by atoms with E-state index in [4.69, 9.17) is 4.98 Å². The van der Waals surface area contributed by atoms with E-state index in [1.165, 1.54) is 16.7 Å². The summed E-state index contributed by atoms with van der Waals surface area (Å²) < 4.78 is 2.24. The van der Waals surface area contributed by atoms with Crippen molar-refractivity contribution in [3.8, 4) is 28.2 Å². The van der Waals surface area contributed by atoms with Crippen molar-refractivity contribution >= 4 is 11.0 Å². The van der Waals surface area contributed by atoms with Crippen LogP contribution in [0.25, 0.3) is 39.2 Å². The zero-order valence-electron chi connectivity index (χ0n) is 18.2. The first-order chi connectivity index (χ1) is 15.0. The van der Waals surface area contributed by atoms with Crippen LogP contribution >= 0.6 is 0 Å². The normalized spacial score (nSPS) is 11.7. The maximum absolute atomic E-state index is 4.96. The van der Waals surface area contributed by atoms with E-state index in [1.54, 1.807) is 0 Å². The molecular formula is C29H26N2. The van der Waals surface area contributed by atoms with E-state index in [0.29, 0.717) is 0 Å². The Morgan fingerprint density at radius 1 is 0.581 bits per heavy atom. The molecule has 0 saturated heterocycles. The van der Waals surface area contributed by atoms with Gasteiger partial charge in [-0.1, -0.05) is 99.6 Å². The minimum atomic E-state index is 0.166. The molecule has 0 bridgehead atoms. The molecule has 2 nitrogen and oxygen atoms in total. The quantitative estimate of drug-likeness (QED) is 0.303. The second-order valence-corrected chi connectivity index (χ2v) is 9.00. The second kappa shape index (κ2) is 7.55. The maximum atomic E-state index is 4.96. The monoisotopic (exact) mass is 402 g/mol. The van der Waals surface area contributed by atoms with Crippen molar-refractivity contribution in [2.24, 2.45) is 0 Å². The van der Waals surface area contributed by atoms with Crippen LogP contribution in [0.15, 0.2) is 103 Å². The van der Waals surface area contributed by atoms with E-state index in [-0.39, 0.29) is 5.41 Å². The van der Waals surface area contributed by atoms with Crippen molar-refractivity contribution in [3.05, 3.63) is 109 Å². The smallest absolute Gasteiger partial charge is 0.145 e. The van der Waals surface area contributed by atoms with Gasteiger partial charge in [0.05, 0.1) is 11.0 Å². The third-order valence-electron chi connectivity index (χ3n) is 5.80. The molecule has 0 saturated carbocycles. The third-order valence-corrected chi connectivity index (χ3v) is 5.80. The zero-order chi connectivity index (χ0) is 21.4. The number of hydrogen-bond acceptors (Lipinski definition) is 1. The Kier molecular flexibility index (Phi) is 4.71. The van der Waals surface area contributed by atoms with Gasteiger partial charge in [0, 0.05) is 11.3 Å². The molecule has 0 aliphatic heterocycles. The predicted octanol–water partition coefficient (Wildman–Crippen LogP) is 7.66. The van der Waals surface area contributed by atoms with Gasteiger partial charge in [0.25, 0.3) is 0 Å². The Bertz CT molecular complexity index is 1320. The van der Waals surface area contributed by atoms with E-state index in [9.17, 15) is 0 Å². The molecule has 0 radical (unpaired) electrons.